The minimum atomic E-state index is -0.481. The molecule has 0 atom stereocenters. The van der Waals surface area contributed by atoms with Crippen LogP contribution in [0.4, 0.5) is 11.4 Å². The van der Waals surface area contributed by atoms with Crippen molar-refractivity contribution in [1.29, 1.82) is 0 Å². The normalized spacial score (nSPS) is 13.7. The first-order valence-corrected chi connectivity index (χ1v) is 7.21. The lowest BCUT2D eigenvalue weighted by molar-refractivity contribution is -0.384. The van der Waals surface area contributed by atoms with Crippen molar-refractivity contribution in [2.75, 3.05) is 5.32 Å². The molecule has 2 aromatic carbocycles. The number of carbonyl (C=O) groups excluding carboxylic acids is 1. The van der Waals surface area contributed by atoms with Gasteiger partial charge in [-0.2, -0.15) is 0 Å². The molecule has 0 unspecified atom stereocenters. The van der Waals surface area contributed by atoms with Crippen LogP contribution < -0.4 is 5.32 Å². The Hall–Kier alpha value is -2.69. The third-order valence-electron chi connectivity index (χ3n) is 3.90. The minimum Gasteiger partial charge on any atom is -0.322 e. The summed E-state index contributed by atoms with van der Waals surface area (Å²) >= 11 is 0. The van der Waals surface area contributed by atoms with Gasteiger partial charge in [0.2, 0.25) is 0 Å². The van der Waals surface area contributed by atoms with Gasteiger partial charge in [0.15, 0.2) is 0 Å². The van der Waals surface area contributed by atoms with E-state index in [-0.39, 0.29) is 11.6 Å². The number of hydrogen-bond acceptors (Lipinski definition) is 3. The van der Waals surface area contributed by atoms with E-state index in [0.29, 0.717) is 11.5 Å². The molecule has 0 spiro atoms. The van der Waals surface area contributed by atoms with Gasteiger partial charge < -0.3 is 5.32 Å². The fourth-order valence-corrected chi connectivity index (χ4v) is 2.37. The van der Waals surface area contributed by atoms with Crippen LogP contribution in [0.25, 0.3) is 0 Å². The maximum atomic E-state index is 12.3. The van der Waals surface area contributed by atoms with E-state index >= 15 is 0 Å². The van der Waals surface area contributed by atoms with E-state index < -0.39 is 4.92 Å². The van der Waals surface area contributed by atoms with Gasteiger partial charge in [-0.15, -0.1) is 0 Å². The molecule has 22 heavy (non-hydrogen) atoms. The molecule has 5 nitrogen and oxygen atoms in total. The lowest BCUT2D eigenvalue weighted by atomic mass is 10.1. The highest BCUT2D eigenvalue weighted by Gasteiger charge is 2.24. The topological polar surface area (TPSA) is 72.2 Å². The first-order chi connectivity index (χ1) is 10.5. The second-order valence-corrected chi connectivity index (χ2v) is 5.61. The zero-order valence-electron chi connectivity index (χ0n) is 12.2. The van der Waals surface area contributed by atoms with Gasteiger partial charge in [-0.3, -0.25) is 14.9 Å². The number of nitrogens with zero attached hydrogens (tertiary/aromatic N) is 1. The van der Waals surface area contributed by atoms with Crippen LogP contribution >= 0.6 is 0 Å². The van der Waals surface area contributed by atoms with Gasteiger partial charge in [0, 0.05) is 23.4 Å². The Morgan fingerprint density at radius 1 is 1.18 bits per heavy atom. The number of anilines is 1. The smallest absolute Gasteiger partial charge is 0.269 e. The summed E-state index contributed by atoms with van der Waals surface area (Å²) in [5.41, 5.74) is 3.43. The summed E-state index contributed by atoms with van der Waals surface area (Å²) in [5.74, 6) is 0.363. The molecule has 0 heterocycles. The third kappa shape index (κ3) is 2.98. The fourth-order valence-electron chi connectivity index (χ4n) is 2.37. The maximum Gasteiger partial charge on any atom is 0.269 e. The third-order valence-corrected chi connectivity index (χ3v) is 3.90. The van der Waals surface area contributed by atoms with Gasteiger partial charge in [0.05, 0.1) is 4.92 Å². The van der Waals surface area contributed by atoms with E-state index in [0.717, 1.165) is 11.3 Å². The van der Waals surface area contributed by atoms with Crippen LogP contribution in [-0.4, -0.2) is 10.8 Å². The summed E-state index contributed by atoms with van der Waals surface area (Å²) < 4.78 is 0. The van der Waals surface area contributed by atoms with Crippen molar-refractivity contribution >= 4 is 17.3 Å². The van der Waals surface area contributed by atoms with Gasteiger partial charge >= 0.3 is 0 Å². The quantitative estimate of drug-likeness (QED) is 0.683. The van der Waals surface area contributed by atoms with Crippen molar-refractivity contribution < 1.29 is 9.72 Å². The van der Waals surface area contributed by atoms with Crippen LogP contribution in [0, 0.1) is 17.0 Å². The first-order valence-electron chi connectivity index (χ1n) is 7.21. The Bertz CT molecular complexity index is 734. The van der Waals surface area contributed by atoms with Gasteiger partial charge in [-0.25, -0.2) is 0 Å². The molecule has 0 bridgehead atoms. The van der Waals surface area contributed by atoms with Crippen LogP contribution in [0.15, 0.2) is 42.5 Å². The molecular weight excluding hydrogens is 280 g/mol. The van der Waals surface area contributed by atoms with Crippen molar-refractivity contribution in [2.45, 2.75) is 25.7 Å². The molecule has 0 saturated heterocycles. The number of hydrogen-bond donors (Lipinski definition) is 1. The van der Waals surface area contributed by atoms with Crippen LogP contribution in [0.5, 0.6) is 0 Å². The number of rotatable bonds is 4. The van der Waals surface area contributed by atoms with Crippen molar-refractivity contribution in [3.63, 3.8) is 0 Å². The Morgan fingerprint density at radius 3 is 2.45 bits per heavy atom. The van der Waals surface area contributed by atoms with Crippen molar-refractivity contribution in [1.82, 2.24) is 0 Å². The molecule has 3 rings (SSSR count). The molecule has 1 N–H and O–H groups in total. The Balaban J connectivity index is 1.78. The average molecular weight is 296 g/mol. The molecule has 1 saturated carbocycles. The number of nitro benzene ring substituents is 1. The van der Waals surface area contributed by atoms with E-state index in [1.807, 2.05) is 19.1 Å². The zero-order chi connectivity index (χ0) is 15.7. The molecule has 0 aliphatic heterocycles. The van der Waals surface area contributed by atoms with Crippen molar-refractivity contribution in [3.05, 3.63) is 69.3 Å². The van der Waals surface area contributed by atoms with Crippen molar-refractivity contribution in [3.8, 4) is 0 Å². The average Bonchev–Trinajstić information content (AvgIpc) is 3.34. The molecule has 5 heteroatoms. The highest BCUT2D eigenvalue weighted by molar-refractivity contribution is 6.04. The summed E-state index contributed by atoms with van der Waals surface area (Å²) in [6.07, 6.45) is 2.41. The number of amides is 1. The summed E-state index contributed by atoms with van der Waals surface area (Å²) in [4.78, 5) is 22.4. The van der Waals surface area contributed by atoms with Crippen molar-refractivity contribution in [2.24, 2.45) is 0 Å². The molecule has 0 radical (unpaired) electrons. The van der Waals surface area contributed by atoms with Gasteiger partial charge in [-0.05, 0) is 55.0 Å². The monoisotopic (exact) mass is 296 g/mol. The molecule has 1 aliphatic carbocycles. The molecule has 1 aliphatic rings. The molecule has 112 valence electrons. The summed E-state index contributed by atoms with van der Waals surface area (Å²) in [6, 6.07) is 11.7. The highest BCUT2D eigenvalue weighted by Crippen LogP contribution is 2.41. The van der Waals surface area contributed by atoms with Gasteiger partial charge in [0.1, 0.15) is 0 Å². The van der Waals surface area contributed by atoms with Gasteiger partial charge in [0.25, 0.3) is 11.6 Å². The summed E-state index contributed by atoms with van der Waals surface area (Å²) in [6.45, 7) is 1.95. The lowest BCUT2D eigenvalue weighted by Gasteiger charge is -2.10. The van der Waals surface area contributed by atoms with E-state index in [4.69, 9.17) is 0 Å². The van der Waals surface area contributed by atoms with E-state index in [1.54, 1.807) is 0 Å². The fraction of sp³-hybridized carbons (Fsp3) is 0.235. The van der Waals surface area contributed by atoms with Crippen LogP contribution in [0.2, 0.25) is 0 Å². The molecule has 2 aromatic rings. The molecule has 0 aromatic heterocycles. The second kappa shape index (κ2) is 5.60. The van der Waals surface area contributed by atoms with E-state index in [9.17, 15) is 14.9 Å². The number of carbonyl (C=O) groups is 1. The Morgan fingerprint density at radius 2 is 1.86 bits per heavy atom. The second-order valence-electron chi connectivity index (χ2n) is 5.61. The number of non-ortho nitro benzene ring substituents is 1. The van der Waals surface area contributed by atoms with Crippen LogP contribution in [0.3, 0.4) is 0 Å². The standard InChI is InChI=1S/C17H16N2O3/c1-11-2-3-14(12-4-5-12)10-16(11)18-17(20)13-6-8-15(9-7-13)19(21)22/h2-3,6-10,12H,4-5H2,1H3,(H,18,20). The van der Waals surface area contributed by atoms with E-state index in [2.05, 4.69) is 11.4 Å². The first kappa shape index (κ1) is 14.3. The minimum absolute atomic E-state index is 0.0246. The highest BCUT2D eigenvalue weighted by atomic mass is 16.6. The SMILES string of the molecule is Cc1ccc(C2CC2)cc1NC(=O)c1ccc([N+](=O)[O-])cc1. The van der Waals surface area contributed by atoms with Crippen LogP contribution in [-0.2, 0) is 0 Å². The number of aryl methyl sites for hydroxylation is 1. The van der Waals surface area contributed by atoms with Gasteiger partial charge in [-0.1, -0.05) is 12.1 Å². The molecule has 1 amide bonds. The lowest BCUT2D eigenvalue weighted by Crippen LogP contribution is -2.13. The zero-order valence-corrected chi connectivity index (χ0v) is 12.2. The Labute approximate surface area is 128 Å². The predicted octanol–water partition coefficient (Wildman–Crippen LogP) is 4.03. The molecular formula is C17H16N2O3. The maximum absolute atomic E-state index is 12.3. The predicted molar refractivity (Wildman–Crippen MR) is 84.2 cm³/mol. The number of benzene rings is 2. The van der Waals surface area contributed by atoms with E-state index in [1.165, 1.54) is 42.7 Å². The summed E-state index contributed by atoms with van der Waals surface area (Å²) in [5, 5.41) is 13.5. The Kier molecular flexibility index (Phi) is 3.63. The number of nitrogens with one attached hydrogen (secondary N) is 1. The number of nitro groups is 1. The largest absolute Gasteiger partial charge is 0.322 e. The molecule has 1 fully saturated rings. The van der Waals surface area contributed by atoms with Crippen LogP contribution in [0.1, 0.15) is 40.2 Å². The summed E-state index contributed by atoms with van der Waals surface area (Å²) in [7, 11) is 0.